The maximum atomic E-state index is 13.2. The minimum absolute atomic E-state index is 0.144. The summed E-state index contributed by atoms with van der Waals surface area (Å²) >= 11 is 5.68. The van der Waals surface area contributed by atoms with Crippen LogP contribution in [-0.2, 0) is 15.1 Å². The molecule has 0 spiro atoms. The number of carbonyl (C=O) groups is 3. The second kappa shape index (κ2) is 7.00. The van der Waals surface area contributed by atoms with E-state index >= 15 is 0 Å². The molecule has 1 heterocycles. The van der Waals surface area contributed by atoms with Gasteiger partial charge in [0.15, 0.2) is 0 Å². The van der Waals surface area contributed by atoms with Crippen molar-refractivity contribution in [2.75, 3.05) is 11.9 Å². The molecule has 4 amide bonds. The maximum absolute atomic E-state index is 13.2. The highest BCUT2D eigenvalue weighted by Crippen LogP contribution is 2.29. The fourth-order valence-corrected chi connectivity index (χ4v) is 3.02. The number of urea groups is 1. The number of amides is 4. The van der Waals surface area contributed by atoms with Crippen molar-refractivity contribution in [1.82, 2.24) is 10.2 Å². The lowest BCUT2D eigenvalue weighted by atomic mass is 9.91. The highest BCUT2D eigenvalue weighted by molar-refractivity contribution is 6.31. The van der Waals surface area contributed by atoms with Crippen molar-refractivity contribution in [3.8, 4) is 0 Å². The summed E-state index contributed by atoms with van der Waals surface area (Å²) in [7, 11) is 0. The van der Waals surface area contributed by atoms with E-state index in [0.717, 1.165) is 16.5 Å². The third-order valence-corrected chi connectivity index (χ3v) is 4.70. The molecule has 0 aromatic heterocycles. The fourth-order valence-electron chi connectivity index (χ4n) is 2.84. The van der Waals surface area contributed by atoms with Crippen molar-refractivity contribution >= 4 is 35.1 Å². The topological polar surface area (TPSA) is 78.5 Å². The second-order valence-corrected chi connectivity index (χ2v) is 6.90. The van der Waals surface area contributed by atoms with Crippen LogP contribution >= 0.6 is 11.6 Å². The molecule has 0 saturated carbocycles. The van der Waals surface area contributed by atoms with Crippen LogP contribution in [0.25, 0.3) is 0 Å². The number of aryl methyl sites for hydroxylation is 1. The van der Waals surface area contributed by atoms with Crippen molar-refractivity contribution in [2.24, 2.45) is 0 Å². The lowest BCUT2D eigenvalue weighted by molar-refractivity contribution is -0.133. The van der Waals surface area contributed by atoms with Crippen molar-refractivity contribution in [3.05, 3.63) is 64.4 Å². The number of carbonyl (C=O) groups excluding carboxylic acids is 3. The molecule has 27 heavy (non-hydrogen) atoms. The summed E-state index contributed by atoms with van der Waals surface area (Å²) in [6.45, 7) is 3.04. The molecule has 0 aliphatic carbocycles. The first-order chi connectivity index (χ1) is 12.7. The summed E-state index contributed by atoms with van der Waals surface area (Å²) in [4.78, 5) is 38.1. The molecule has 1 fully saturated rings. The molecule has 2 N–H and O–H groups in total. The number of halogens is 2. The number of benzene rings is 2. The minimum atomic E-state index is -1.25. The van der Waals surface area contributed by atoms with Gasteiger partial charge in [0.05, 0.1) is 5.02 Å². The predicted octanol–water partition coefficient (Wildman–Crippen LogP) is 3.19. The molecule has 0 unspecified atom stereocenters. The van der Waals surface area contributed by atoms with E-state index in [1.807, 2.05) is 19.1 Å². The Hall–Kier alpha value is -2.93. The van der Waals surface area contributed by atoms with Crippen LogP contribution in [0.1, 0.15) is 18.1 Å². The van der Waals surface area contributed by atoms with Crippen molar-refractivity contribution < 1.29 is 18.8 Å². The summed E-state index contributed by atoms with van der Waals surface area (Å²) < 4.78 is 13.2. The van der Waals surface area contributed by atoms with Gasteiger partial charge < -0.3 is 10.6 Å². The van der Waals surface area contributed by atoms with Crippen molar-refractivity contribution in [2.45, 2.75) is 19.4 Å². The lowest BCUT2D eigenvalue weighted by Gasteiger charge is -2.22. The molecule has 1 aliphatic heterocycles. The highest BCUT2D eigenvalue weighted by atomic mass is 35.5. The van der Waals surface area contributed by atoms with Gasteiger partial charge in [-0.15, -0.1) is 0 Å². The second-order valence-electron chi connectivity index (χ2n) is 6.49. The molecule has 8 heteroatoms. The summed E-state index contributed by atoms with van der Waals surface area (Å²) in [6.07, 6.45) is 0. The van der Waals surface area contributed by atoms with E-state index in [-0.39, 0.29) is 10.7 Å². The first kappa shape index (κ1) is 18.8. The van der Waals surface area contributed by atoms with Gasteiger partial charge >= 0.3 is 6.03 Å². The zero-order chi connectivity index (χ0) is 19.8. The monoisotopic (exact) mass is 389 g/mol. The Labute approximate surface area is 160 Å². The van der Waals surface area contributed by atoms with Crippen LogP contribution in [-0.4, -0.2) is 29.3 Å². The van der Waals surface area contributed by atoms with E-state index in [1.165, 1.54) is 12.1 Å². The van der Waals surface area contributed by atoms with Gasteiger partial charge in [0.25, 0.3) is 5.91 Å². The molecular formula is C19H17ClFN3O3. The molecule has 0 bridgehead atoms. The number of imide groups is 1. The molecule has 1 atom stereocenters. The number of hydrogen-bond acceptors (Lipinski definition) is 3. The van der Waals surface area contributed by atoms with Crippen LogP contribution in [0.15, 0.2) is 42.5 Å². The maximum Gasteiger partial charge on any atom is 0.325 e. The summed E-state index contributed by atoms with van der Waals surface area (Å²) in [5.74, 6) is -1.74. The zero-order valence-electron chi connectivity index (χ0n) is 14.7. The van der Waals surface area contributed by atoms with Gasteiger partial charge in [-0.2, -0.15) is 0 Å². The van der Waals surface area contributed by atoms with Gasteiger partial charge in [-0.1, -0.05) is 41.4 Å². The van der Waals surface area contributed by atoms with Crippen LogP contribution in [0.5, 0.6) is 0 Å². The van der Waals surface area contributed by atoms with E-state index in [2.05, 4.69) is 10.6 Å². The Morgan fingerprint density at radius 1 is 1.22 bits per heavy atom. The van der Waals surface area contributed by atoms with E-state index in [0.29, 0.717) is 5.56 Å². The molecule has 2 aromatic carbocycles. The van der Waals surface area contributed by atoms with Gasteiger partial charge in [-0.25, -0.2) is 9.18 Å². The lowest BCUT2D eigenvalue weighted by Crippen LogP contribution is -2.42. The number of nitrogens with one attached hydrogen (secondary N) is 2. The molecule has 1 saturated heterocycles. The van der Waals surface area contributed by atoms with Crippen molar-refractivity contribution in [3.63, 3.8) is 0 Å². The Balaban J connectivity index is 1.74. The fraction of sp³-hybridized carbons (Fsp3) is 0.211. The smallest absolute Gasteiger partial charge is 0.324 e. The Kier molecular flexibility index (Phi) is 4.89. The third-order valence-electron chi connectivity index (χ3n) is 4.41. The van der Waals surface area contributed by atoms with E-state index in [9.17, 15) is 18.8 Å². The summed E-state index contributed by atoms with van der Waals surface area (Å²) in [6, 6.07) is 10.2. The molecular weight excluding hydrogens is 373 g/mol. The standard InChI is InChI=1S/C19H17ClFN3O3/c1-11-3-5-12(6-4-11)19(2)17(26)24(18(27)23-19)10-16(25)22-13-7-8-15(21)14(20)9-13/h3-9H,10H2,1-2H3,(H,22,25)(H,23,27)/t19-/m1/s1. The third kappa shape index (κ3) is 3.64. The predicted molar refractivity (Wildman–Crippen MR) is 98.8 cm³/mol. The van der Waals surface area contributed by atoms with Gasteiger partial charge in [-0.3, -0.25) is 14.5 Å². The van der Waals surface area contributed by atoms with Gasteiger partial charge in [0.2, 0.25) is 5.91 Å². The van der Waals surface area contributed by atoms with Gasteiger partial charge in [-0.05, 0) is 37.6 Å². The van der Waals surface area contributed by atoms with Crippen LogP contribution < -0.4 is 10.6 Å². The Bertz CT molecular complexity index is 932. The normalized spacial score (nSPS) is 19.2. The summed E-state index contributed by atoms with van der Waals surface area (Å²) in [5, 5.41) is 4.98. The average Bonchev–Trinajstić information content (AvgIpc) is 2.83. The molecule has 2 aromatic rings. The molecule has 6 nitrogen and oxygen atoms in total. The quantitative estimate of drug-likeness (QED) is 0.788. The number of anilines is 1. The summed E-state index contributed by atoms with van der Waals surface area (Å²) in [5.41, 5.74) is 0.664. The van der Waals surface area contributed by atoms with Gasteiger partial charge in [0.1, 0.15) is 17.9 Å². The van der Waals surface area contributed by atoms with E-state index in [1.54, 1.807) is 19.1 Å². The first-order valence-corrected chi connectivity index (χ1v) is 8.54. The molecule has 3 rings (SSSR count). The van der Waals surface area contributed by atoms with E-state index < -0.39 is 35.7 Å². The van der Waals surface area contributed by atoms with Crippen LogP contribution in [0.3, 0.4) is 0 Å². The molecule has 140 valence electrons. The van der Waals surface area contributed by atoms with Crippen LogP contribution in [0.2, 0.25) is 5.02 Å². The van der Waals surface area contributed by atoms with Crippen molar-refractivity contribution in [1.29, 1.82) is 0 Å². The van der Waals surface area contributed by atoms with Gasteiger partial charge in [0, 0.05) is 5.69 Å². The van der Waals surface area contributed by atoms with E-state index in [4.69, 9.17) is 11.6 Å². The first-order valence-electron chi connectivity index (χ1n) is 8.17. The molecule has 1 aliphatic rings. The largest absolute Gasteiger partial charge is 0.325 e. The molecule has 0 radical (unpaired) electrons. The van der Waals surface area contributed by atoms with Crippen LogP contribution in [0.4, 0.5) is 14.9 Å². The minimum Gasteiger partial charge on any atom is -0.324 e. The number of nitrogens with zero attached hydrogens (tertiary/aromatic N) is 1. The van der Waals surface area contributed by atoms with Crippen LogP contribution in [0, 0.1) is 12.7 Å². The zero-order valence-corrected chi connectivity index (χ0v) is 15.4. The Morgan fingerprint density at radius 3 is 2.52 bits per heavy atom. The number of hydrogen-bond donors (Lipinski definition) is 2. The number of rotatable bonds is 4. The SMILES string of the molecule is Cc1ccc([C@@]2(C)NC(=O)N(CC(=O)Nc3ccc(F)c(Cl)c3)C2=O)cc1. The highest BCUT2D eigenvalue weighted by Gasteiger charge is 2.49. The Morgan fingerprint density at radius 2 is 1.89 bits per heavy atom. The average molecular weight is 390 g/mol.